The summed E-state index contributed by atoms with van der Waals surface area (Å²) in [4.78, 5) is 3.68. The lowest BCUT2D eigenvalue weighted by Gasteiger charge is -2.08. The SMILES string of the molecule is Cc1nnn(NS(=O)(=O)c2ccccc2)c1C. The Morgan fingerprint density at radius 2 is 1.82 bits per heavy atom. The zero-order valence-electron chi connectivity index (χ0n) is 9.45. The third kappa shape index (κ3) is 2.28. The summed E-state index contributed by atoms with van der Waals surface area (Å²) in [5.74, 6) is 0. The van der Waals surface area contributed by atoms with Gasteiger partial charge in [0.15, 0.2) is 0 Å². The van der Waals surface area contributed by atoms with Crippen LogP contribution in [0.2, 0.25) is 0 Å². The van der Waals surface area contributed by atoms with E-state index in [4.69, 9.17) is 0 Å². The number of nitrogens with one attached hydrogen (secondary N) is 1. The van der Waals surface area contributed by atoms with Crippen LogP contribution in [0.25, 0.3) is 0 Å². The molecule has 0 unspecified atom stereocenters. The Bertz CT molecular complexity index is 619. The van der Waals surface area contributed by atoms with Crippen molar-refractivity contribution in [2.45, 2.75) is 18.7 Å². The second-order valence-corrected chi connectivity index (χ2v) is 5.24. The highest BCUT2D eigenvalue weighted by Crippen LogP contribution is 2.09. The minimum absolute atomic E-state index is 0.188. The van der Waals surface area contributed by atoms with Gasteiger partial charge in [0.2, 0.25) is 0 Å². The summed E-state index contributed by atoms with van der Waals surface area (Å²) in [5, 5.41) is 7.48. The molecule has 0 amide bonds. The van der Waals surface area contributed by atoms with Gasteiger partial charge in [-0.15, -0.1) is 9.89 Å². The van der Waals surface area contributed by atoms with Crippen LogP contribution in [-0.2, 0) is 10.0 Å². The molecule has 0 saturated carbocycles. The molecule has 7 heteroatoms. The van der Waals surface area contributed by atoms with Gasteiger partial charge in [-0.3, -0.25) is 0 Å². The number of nitrogens with zero attached hydrogens (tertiary/aromatic N) is 3. The Balaban J connectivity index is 2.34. The first-order valence-electron chi connectivity index (χ1n) is 4.97. The molecule has 0 fully saturated rings. The summed E-state index contributed by atoms with van der Waals surface area (Å²) in [7, 11) is -3.61. The summed E-state index contributed by atoms with van der Waals surface area (Å²) < 4.78 is 23.9. The molecule has 0 atom stereocenters. The average molecular weight is 252 g/mol. The monoisotopic (exact) mass is 252 g/mol. The van der Waals surface area contributed by atoms with Crippen molar-refractivity contribution in [2.75, 3.05) is 4.83 Å². The maximum absolute atomic E-state index is 12.0. The van der Waals surface area contributed by atoms with E-state index in [0.717, 1.165) is 4.79 Å². The molecular weight excluding hydrogens is 240 g/mol. The number of rotatable bonds is 3. The van der Waals surface area contributed by atoms with Gasteiger partial charge < -0.3 is 0 Å². The van der Waals surface area contributed by atoms with Crippen LogP contribution in [0.5, 0.6) is 0 Å². The molecule has 1 N–H and O–H groups in total. The molecule has 0 saturated heterocycles. The van der Waals surface area contributed by atoms with Gasteiger partial charge >= 0.3 is 0 Å². The largest absolute Gasteiger partial charge is 0.276 e. The highest BCUT2D eigenvalue weighted by molar-refractivity contribution is 7.92. The van der Waals surface area contributed by atoms with Crippen molar-refractivity contribution >= 4 is 10.0 Å². The molecule has 2 rings (SSSR count). The van der Waals surface area contributed by atoms with E-state index in [9.17, 15) is 8.42 Å². The van der Waals surface area contributed by atoms with Crippen molar-refractivity contribution in [3.8, 4) is 0 Å². The zero-order valence-corrected chi connectivity index (χ0v) is 10.3. The van der Waals surface area contributed by atoms with E-state index in [1.807, 2.05) is 0 Å². The van der Waals surface area contributed by atoms with Crippen LogP contribution in [-0.4, -0.2) is 23.5 Å². The number of aryl methyl sites for hydroxylation is 1. The first kappa shape index (κ1) is 11.6. The molecule has 1 heterocycles. The highest BCUT2D eigenvalue weighted by atomic mass is 32.2. The van der Waals surface area contributed by atoms with Crippen molar-refractivity contribution in [1.29, 1.82) is 0 Å². The predicted octanol–water partition coefficient (Wildman–Crippen LogP) is 0.827. The second-order valence-electron chi connectivity index (χ2n) is 3.58. The summed E-state index contributed by atoms with van der Waals surface area (Å²) in [6.07, 6.45) is 0. The Kier molecular flexibility index (Phi) is 2.84. The van der Waals surface area contributed by atoms with E-state index >= 15 is 0 Å². The predicted molar refractivity (Wildman–Crippen MR) is 62.5 cm³/mol. The molecule has 6 nitrogen and oxygen atoms in total. The number of hydrogen-bond acceptors (Lipinski definition) is 4. The van der Waals surface area contributed by atoms with Crippen molar-refractivity contribution in [2.24, 2.45) is 0 Å². The minimum atomic E-state index is -3.61. The standard InChI is InChI=1S/C10H12N4O2S/c1-8-9(2)14(12-11-8)13-17(15,16)10-6-4-3-5-7-10/h3-7,13H,1-2H3. The van der Waals surface area contributed by atoms with Gasteiger partial charge in [0, 0.05) is 0 Å². The number of sulfonamides is 1. The lowest BCUT2D eigenvalue weighted by atomic mass is 10.4. The normalized spacial score (nSPS) is 11.4. The Labute approximate surface area is 99.3 Å². The third-order valence-corrected chi connectivity index (χ3v) is 3.69. The van der Waals surface area contributed by atoms with Gasteiger partial charge in [0.1, 0.15) is 0 Å². The molecule has 0 aliphatic rings. The zero-order chi connectivity index (χ0) is 12.5. The summed E-state index contributed by atoms with van der Waals surface area (Å²) in [6, 6.07) is 8.11. The molecule has 0 aliphatic carbocycles. The van der Waals surface area contributed by atoms with E-state index in [1.54, 1.807) is 32.0 Å². The van der Waals surface area contributed by atoms with E-state index in [-0.39, 0.29) is 4.90 Å². The first-order valence-corrected chi connectivity index (χ1v) is 6.46. The van der Waals surface area contributed by atoms with Crippen LogP contribution < -0.4 is 4.83 Å². The fraction of sp³-hybridized carbons (Fsp3) is 0.200. The molecule has 2 aromatic rings. The molecule has 0 bridgehead atoms. The van der Waals surface area contributed by atoms with Gasteiger partial charge in [0.05, 0.1) is 16.3 Å². The van der Waals surface area contributed by atoms with Crippen molar-refractivity contribution in [3.63, 3.8) is 0 Å². The Morgan fingerprint density at radius 1 is 1.18 bits per heavy atom. The topological polar surface area (TPSA) is 76.9 Å². The van der Waals surface area contributed by atoms with E-state index in [1.165, 1.54) is 12.1 Å². The number of aromatic nitrogens is 3. The lowest BCUT2D eigenvalue weighted by molar-refractivity contribution is 0.588. The van der Waals surface area contributed by atoms with Crippen LogP contribution in [0.1, 0.15) is 11.4 Å². The quantitative estimate of drug-likeness (QED) is 0.877. The molecule has 0 spiro atoms. The molecular formula is C10H12N4O2S. The van der Waals surface area contributed by atoms with Crippen LogP contribution in [0.15, 0.2) is 35.2 Å². The molecule has 1 aromatic carbocycles. The van der Waals surface area contributed by atoms with Crippen molar-refractivity contribution < 1.29 is 8.42 Å². The van der Waals surface area contributed by atoms with Gasteiger partial charge in [0.25, 0.3) is 10.0 Å². The van der Waals surface area contributed by atoms with Gasteiger partial charge in [-0.05, 0) is 31.2 Å². The molecule has 90 valence electrons. The molecule has 0 aliphatic heterocycles. The Morgan fingerprint density at radius 3 is 2.35 bits per heavy atom. The van der Waals surface area contributed by atoms with Crippen LogP contribution >= 0.6 is 0 Å². The van der Waals surface area contributed by atoms with Crippen LogP contribution in [0.3, 0.4) is 0 Å². The average Bonchev–Trinajstić information content (AvgIpc) is 2.62. The van der Waals surface area contributed by atoms with Crippen LogP contribution in [0.4, 0.5) is 0 Å². The highest BCUT2D eigenvalue weighted by Gasteiger charge is 2.15. The van der Waals surface area contributed by atoms with E-state index < -0.39 is 10.0 Å². The Hall–Kier alpha value is -1.89. The van der Waals surface area contributed by atoms with Gasteiger partial charge in [-0.1, -0.05) is 18.2 Å². The van der Waals surface area contributed by atoms with E-state index in [0.29, 0.717) is 11.4 Å². The summed E-state index contributed by atoms with van der Waals surface area (Å²) in [5.41, 5.74) is 1.34. The van der Waals surface area contributed by atoms with Gasteiger partial charge in [-0.25, -0.2) is 0 Å². The number of hydrogen-bond donors (Lipinski definition) is 1. The maximum Gasteiger partial charge on any atom is 0.276 e. The lowest BCUT2D eigenvalue weighted by Crippen LogP contribution is -2.25. The third-order valence-electron chi connectivity index (χ3n) is 2.39. The molecule has 1 aromatic heterocycles. The maximum atomic E-state index is 12.0. The smallest absolute Gasteiger partial charge is 0.200 e. The first-order chi connectivity index (χ1) is 8.00. The minimum Gasteiger partial charge on any atom is -0.200 e. The van der Waals surface area contributed by atoms with Gasteiger partial charge in [-0.2, -0.15) is 13.2 Å². The second kappa shape index (κ2) is 4.17. The summed E-state index contributed by atoms with van der Waals surface area (Å²) in [6.45, 7) is 3.50. The van der Waals surface area contributed by atoms with Crippen molar-refractivity contribution in [3.05, 3.63) is 41.7 Å². The summed E-state index contributed by atoms with van der Waals surface area (Å²) >= 11 is 0. The fourth-order valence-electron chi connectivity index (χ4n) is 1.26. The fourth-order valence-corrected chi connectivity index (χ4v) is 2.28. The molecule has 17 heavy (non-hydrogen) atoms. The van der Waals surface area contributed by atoms with Crippen molar-refractivity contribution in [1.82, 2.24) is 15.1 Å². The van der Waals surface area contributed by atoms with Crippen LogP contribution in [0, 0.1) is 13.8 Å². The van der Waals surface area contributed by atoms with E-state index in [2.05, 4.69) is 15.1 Å². The molecule has 0 radical (unpaired) electrons. The number of benzene rings is 1.